The van der Waals surface area contributed by atoms with E-state index in [1.54, 1.807) is 0 Å². The zero-order valence-electron chi connectivity index (χ0n) is 57.5. The third-order valence-corrected chi connectivity index (χ3v) is 18.9. The van der Waals surface area contributed by atoms with Crippen molar-refractivity contribution < 1.29 is 218 Å². The minimum absolute atomic E-state index is 0.795. The molecule has 107 heavy (non-hydrogen) atoms. The maximum absolute atomic E-state index is 13.0. The van der Waals surface area contributed by atoms with Gasteiger partial charge in [-0.3, -0.25) is 19.2 Å². The lowest BCUT2D eigenvalue weighted by molar-refractivity contribution is -0.397. The number of aliphatic hydroxyl groups excluding tert-OH is 24. The van der Waals surface area contributed by atoms with Crippen LogP contribution >= 0.6 is 0 Å². The fraction of sp³-hybridized carbons (Fsp3) is 0.915. The van der Waals surface area contributed by atoms with E-state index in [1.807, 2.05) is 0 Å². The Kier molecular flexibility index (Phi) is 33.3. The van der Waals surface area contributed by atoms with Crippen LogP contribution in [0.3, 0.4) is 0 Å². The van der Waals surface area contributed by atoms with Crippen molar-refractivity contribution in [1.82, 2.24) is 21.3 Å². The highest BCUT2D eigenvalue weighted by molar-refractivity contribution is 5.77. The highest BCUT2D eigenvalue weighted by Gasteiger charge is 2.61. The van der Waals surface area contributed by atoms with E-state index < -0.39 is 340 Å². The maximum atomic E-state index is 13.0. The Morgan fingerprint density at radius 3 is 1.35 bits per heavy atom. The fourth-order valence-corrected chi connectivity index (χ4v) is 13.2. The molecule has 0 aliphatic carbocycles. The Morgan fingerprint density at radius 1 is 0.421 bits per heavy atom. The molecule has 29 N–H and O–H groups in total. The highest BCUT2D eigenvalue weighted by atomic mass is 16.8. The predicted molar refractivity (Wildman–Crippen MR) is 330 cm³/mol. The minimum atomic E-state index is -3.07. The van der Waals surface area contributed by atoms with Gasteiger partial charge in [0.15, 0.2) is 37.7 Å². The molecular weight excluding hydrogens is 1470 g/mol. The number of ether oxygens (including phenoxy) is 14. The van der Waals surface area contributed by atoms with Gasteiger partial charge >= 0.3 is 5.97 Å². The Bertz CT molecular complexity index is 2820. The molecule has 7 aliphatic heterocycles. The van der Waals surface area contributed by atoms with Gasteiger partial charge in [-0.1, -0.05) is 0 Å². The second-order valence-corrected chi connectivity index (χ2v) is 26.6. The van der Waals surface area contributed by atoms with Crippen LogP contribution in [0, 0.1) is 0 Å². The van der Waals surface area contributed by atoms with E-state index in [4.69, 9.17) is 66.3 Å². The average Bonchev–Trinajstić information content (AvgIpc) is 0.777. The summed E-state index contributed by atoms with van der Waals surface area (Å²) >= 11 is 0. The number of nitrogens with one attached hydrogen (secondary N) is 4. The molecule has 0 aromatic carbocycles. The lowest BCUT2D eigenvalue weighted by atomic mass is 9.88. The summed E-state index contributed by atoms with van der Waals surface area (Å²) in [5.41, 5.74) is 0. The van der Waals surface area contributed by atoms with Crippen LogP contribution in [0.2, 0.25) is 0 Å². The standard InChI is InChI=1S/C59H100N4O44/c1-15(71)60-19(6-64)32(78)46(22(77)8-66)102-52-30(62-17(3)73)38(84)48(26(12-70)98-52)104-56-45(91)50(37(83)27(100-56)13-94-54-43(89)40(86)34(80)23(9-67)96-54)105-57-51(42(88)35(81)24(10-68)97-57)106-53-31(63-18(4)74)39(85)47(25(11-69)99-53)103-55-44(90)41(87)36(82)28(101-55)14-95-59(58(92)93)5-20(75)29(61-16(2)72)49(107-59)33(79)21(76)7-65/h19-57,64-70,75-91H,5-14H2,1-4H3,(H,60,71)(H,61,72)(H,62,73)(H,63,74)(H,92,93)/t19-,20-,21+,22+,23+,24+,25+,26+,27+,28+,29+,30+,31+,32+,33+,34+,35+,36-,37+,38+,39+,40-,41-,42-,43-,44+,45-,46+,47+,48+,49+,50-,51-,52?,53?,54?,55?,56?,57?,59?/m0/s1. The van der Waals surface area contributed by atoms with E-state index in [2.05, 4.69) is 21.3 Å². The summed E-state index contributed by atoms with van der Waals surface area (Å²) in [5, 5.41) is 283. The van der Waals surface area contributed by atoms with Crippen molar-refractivity contribution in [2.24, 2.45) is 0 Å². The van der Waals surface area contributed by atoms with Gasteiger partial charge in [-0.05, 0) is 0 Å². The molecule has 0 aromatic rings. The zero-order chi connectivity index (χ0) is 79.7. The number of carboxylic acid groups (broad SMARTS) is 1. The second kappa shape index (κ2) is 39.5. The molecule has 48 heteroatoms. The number of carboxylic acids is 1. The Balaban J connectivity index is 1.18. The molecular formula is C59H100N4O44. The first-order valence-electron chi connectivity index (χ1n) is 33.7. The molecule has 7 rings (SSSR count). The lowest BCUT2D eigenvalue weighted by Crippen LogP contribution is -2.70. The van der Waals surface area contributed by atoms with E-state index in [0.717, 1.165) is 27.7 Å². The molecule has 620 valence electrons. The molecule has 48 nitrogen and oxygen atoms in total. The van der Waals surface area contributed by atoms with Crippen LogP contribution in [-0.2, 0) is 90.3 Å². The van der Waals surface area contributed by atoms with Gasteiger partial charge in [-0.2, -0.15) is 0 Å². The van der Waals surface area contributed by atoms with Gasteiger partial charge in [0, 0.05) is 34.1 Å². The first-order valence-corrected chi connectivity index (χ1v) is 33.7. The Hall–Kier alpha value is -4.17. The van der Waals surface area contributed by atoms with Gasteiger partial charge < -0.3 is 215 Å². The smallest absolute Gasteiger partial charge is 0.364 e. The van der Waals surface area contributed by atoms with E-state index in [-0.39, 0.29) is 0 Å². The van der Waals surface area contributed by atoms with Crippen molar-refractivity contribution in [2.75, 3.05) is 59.5 Å². The minimum Gasteiger partial charge on any atom is -0.477 e. The molecule has 4 amide bonds. The van der Waals surface area contributed by atoms with Crippen LogP contribution in [0.25, 0.3) is 0 Å². The summed E-state index contributed by atoms with van der Waals surface area (Å²) in [6, 6.07) is -7.25. The van der Waals surface area contributed by atoms with Crippen molar-refractivity contribution >= 4 is 29.6 Å². The van der Waals surface area contributed by atoms with Gasteiger partial charge in [0.25, 0.3) is 5.79 Å². The predicted octanol–water partition coefficient (Wildman–Crippen LogP) is -19.0. The lowest BCUT2D eigenvalue weighted by Gasteiger charge is -2.51. The van der Waals surface area contributed by atoms with E-state index in [0.29, 0.717) is 0 Å². The molecule has 0 spiro atoms. The van der Waals surface area contributed by atoms with Crippen molar-refractivity contribution in [1.29, 1.82) is 0 Å². The number of aliphatic hydroxyl groups is 24. The molecule has 7 unspecified atom stereocenters. The number of carbonyl (C=O) groups excluding carboxylic acids is 4. The summed E-state index contributed by atoms with van der Waals surface area (Å²) in [6.45, 7) is -6.36. The van der Waals surface area contributed by atoms with E-state index in [1.165, 1.54) is 0 Å². The number of aliphatic carboxylic acids is 1. The molecule has 0 bridgehead atoms. The van der Waals surface area contributed by atoms with Crippen LogP contribution in [0.4, 0.5) is 0 Å². The monoisotopic (exact) mass is 1570 g/mol. The average molecular weight is 1570 g/mol. The van der Waals surface area contributed by atoms with Gasteiger partial charge in [-0.25, -0.2) is 4.79 Å². The summed E-state index contributed by atoms with van der Waals surface area (Å²) in [7, 11) is 0. The van der Waals surface area contributed by atoms with Gasteiger partial charge in [0.1, 0.15) is 183 Å². The molecule has 7 saturated heterocycles. The van der Waals surface area contributed by atoms with Crippen molar-refractivity contribution in [2.45, 2.75) is 279 Å². The summed E-state index contributed by atoms with van der Waals surface area (Å²) in [6.07, 6.45) is -76.5. The number of rotatable bonds is 33. The first-order chi connectivity index (χ1) is 50.4. The van der Waals surface area contributed by atoms with Gasteiger partial charge in [-0.15, -0.1) is 0 Å². The third-order valence-electron chi connectivity index (χ3n) is 18.9. The van der Waals surface area contributed by atoms with Gasteiger partial charge in [0.2, 0.25) is 23.6 Å². The zero-order valence-corrected chi connectivity index (χ0v) is 57.5. The first kappa shape index (κ1) is 90.0. The molecule has 7 fully saturated rings. The van der Waals surface area contributed by atoms with Crippen molar-refractivity contribution in [3.63, 3.8) is 0 Å². The third kappa shape index (κ3) is 20.8. The molecule has 0 saturated carbocycles. The second-order valence-electron chi connectivity index (χ2n) is 26.6. The summed E-state index contributed by atoms with van der Waals surface area (Å²) in [4.78, 5) is 62.8. The summed E-state index contributed by atoms with van der Waals surface area (Å²) in [5.74, 6) is -8.69. The quantitative estimate of drug-likeness (QED) is 0.0290. The normalized spacial score (nSPS) is 43.8. The SMILES string of the molecule is CC(=O)N[C@H]1[C@H]([C@H](O)[C@H](O)CO)OC(OC[C@H]2OC(O[C@H]3[C@H](O)[C@@H](NC(C)=O)C(O[C@@H]4C(O[C@H]5[C@H](O)[C@@H](COC6O[C@H](CO)[C@@H](O)[C@H](O)[C@@H]6O)OC(O[C@H]6[C@H](O)[C@@H](NC(C)=O)C(O[C@@H]([C@H](O)[C@H](CO)NC(C)=O)[C@H](O)CO)O[C@@H]6CO)[C@H]5O)O[C@H](CO)[C@@H](O)[C@@H]4O)O[C@@H]3CO)[C@H](O)[C@@H](O)[C@H]2O)(C(=O)O)C[C@@H]1O. The molecule has 0 radical (unpaired) electrons. The van der Waals surface area contributed by atoms with E-state index >= 15 is 0 Å². The van der Waals surface area contributed by atoms with Gasteiger partial charge in [0.05, 0.1) is 77.6 Å². The van der Waals surface area contributed by atoms with Crippen LogP contribution in [0.1, 0.15) is 34.1 Å². The molecule has 7 aliphatic rings. The largest absolute Gasteiger partial charge is 0.477 e. The number of amides is 4. The van der Waals surface area contributed by atoms with Crippen molar-refractivity contribution in [3.8, 4) is 0 Å². The fourth-order valence-electron chi connectivity index (χ4n) is 13.2. The number of hydrogen-bond donors (Lipinski definition) is 29. The molecule has 40 atom stereocenters. The Morgan fingerprint density at radius 2 is 0.850 bits per heavy atom. The maximum Gasteiger partial charge on any atom is 0.364 e. The van der Waals surface area contributed by atoms with E-state index in [9.17, 15) is 152 Å². The highest BCUT2D eigenvalue weighted by Crippen LogP contribution is 2.40. The van der Waals surface area contributed by atoms with Crippen LogP contribution < -0.4 is 21.3 Å². The van der Waals surface area contributed by atoms with Crippen LogP contribution in [-0.4, -0.2) is 461 Å². The Labute approximate surface area is 605 Å². The van der Waals surface area contributed by atoms with Crippen molar-refractivity contribution in [3.05, 3.63) is 0 Å². The van der Waals surface area contributed by atoms with Crippen LogP contribution in [0.5, 0.6) is 0 Å². The topological polar surface area (TPSA) is 768 Å². The summed E-state index contributed by atoms with van der Waals surface area (Å²) < 4.78 is 81.7. The molecule has 0 aromatic heterocycles. The van der Waals surface area contributed by atoms with Crippen LogP contribution in [0.15, 0.2) is 0 Å². The molecule has 7 heterocycles. The number of hydrogen-bond acceptors (Lipinski definition) is 43. The number of carbonyl (C=O) groups is 5.